The number of hydrogen-bond donors (Lipinski definition) is 1. The van der Waals surface area contributed by atoms with Crippen molar-refractivity contribution in [1.29, 1.82) is 0 Å². The number of nitrogens with zero attached hydrogens (tertiary/aromatic N) is 2. The van der Waals surface area contributed by atoms with Gasteiger partial charge in [-0.25, -0.2) is 4.98 Å². The Bertz CT molecular complexity index is 746. The molecule has 0 saturated carbocycles. The number of rotatable bonds is 4. The maximum atomic E-state index is 12.3. The number of nitrogens with one attached hydrogen (secondary N) is 1. The fraction of sp³-hybridized carbons (Fsp3) is 0.533. The van der Waals surface area contributed by atoms with Crippen LogP contribution in [0.3, 0.4) is 0 Å². The summed E-state index contributed by atoms with van der Waals surface area (Å²) < 4.78 is 0.846. The van der Waals surface area contributed by atoms with Crippen molar-refractivity contribution in [3.63, 3.8) is 0 Å². The van der Waals surface area contributed by atoms with Crippen LogP contribution in [0.15, 0.2) is 4.79 Å². The predicted octanol–water partition coefficient (Wildman–Crippen LogP) is 4.02. The summed E-state index contributed by atoms with van der Waals surface area (Å²) in [7, 11) is 0. The Morgan fingerprint density at radius 3 is 2.64 bits per heavy atom. The second-order valence-electron chi connectivity index (χ2n) is 5.11. The standard InChI is InChI=1S/C15H21N3OS3/c1-6-18(7-2)15(20)22-10(5)12-16-13(19)11-8(3)9(4)21-14(11)17-12/h10H,6-7H2,1-5H3,(H,16,17,19)/t10-/m1/s1. The normalized spacial score (nSPS) is 12.6. The first-order chi connectivity index (χ1) is 10.4. The molecule has 22 heavy (non-hydrogen) atoms. The molecule has 0 amide bonds. The molecule has 0 aliphatic carbocycles. The largest absolute Gasteiger partial charge is 0.358 e. The van der Waals surface area contributed by atoms with Gasteiger partial charge in [0.2, 0.25) is 0 Å². The van der Waals surface area contributed by atoms with Gasteiger partial charge in [-0.1, -0.05) is 24.0 Å². The summed E-state index contributed by atoms with van der Waals surface area (Å²) in [5, 5.41) is 0.739. The van der Waals surface area contributed by atoms with Gasteiger partial charge in [0.15, 0.2) is 0 Å². The molecule has 0 fully saturated rings. The van der Waals surface area contributed by atoms with E-state index in [1.54, 1.807) is 23.1 Å². The SMILES string of the molecule is CCN(CC)C(=S)S[C@H](C)c1nc2sc(C)c(C)c2c(=O)[nH]1. The molecule has 0 aromatic carbocycles. The first kappa shape index (κ1) is 17.4. The molecule has 0 saturated heterocycles. The topological polar surface area (TPSA) is 49.0 Å². The number of H-pyrrole nitrogens is 1. The van der Waals surface area contributed by atoms with Crippen LogP contribution in [0.5, 0.6) is 0 Å². The van der Waals surface area contributed by atoms with Crippen LogP contribution >= 0.6 is 35.3 Å². The Morgan fingerprint density at radius 2 is 2.05 bits per heavy atom. The number of aromatic amines is 1. The van der Waals surface area contributed by atoms with E-state index < -0.39 is 0 Å². The quantitative estimate of drug-likeness (QED) is 0.839. The molecule has 2 rings (SSSR count). The minimum Gasteiger partial charge on any atom is -0.358 e. The van der Waals surface area contributed by atoms with Gasteiger partial charge >= 0.3 is 0 Å². The van der Waals surface area contributed by atoms with Gasteiger partial charge in [-0.05, 0) is 40.2 Å². The van der Waals surface area contributed by atoms with Crippen molar-refractivity contribution in [2.24, 2.45) is 0 Å². The van der Waals surface area contributed by atoms with Crippen molar-refractivity contribution in [1.82, 2.24) is 14.9 Å². The number of aryl methyl sites for hydroxylation is 2. The van der Waals surface area contributed by atoms with Crippen LogP contribution < -0.4 is 5.56 Å². The zero-order chi connectivity index (χ0) is 16.4. The van der Waals surface area contributed by atoms with E-state index in [2.05, 4.69) is 28.7 Å². The summed E-state index contributed by atoms with van der Waals surface area (Å²) >= 11 is 8.62. The van der Waals surface area contributed by atoms with Gasteiger partial charge < -0.3 is 9.88 Å². The highest BCUT2D eigenvalue weighted by Gasteiger charge is 2.18. The van der Waals surface area contributed by atoms with Gasteiger partial charge in [-0.2, -0.15) is 0 Å². The molecule has 0 bridgehead atoms. The van der Waals surface area contributed by atoms with E-state index in [1.165, 1.54) is 0 Å². The molecular formula is C15H21N3OS3. The van der Waals surface area contributed by atoms with Crippen LogP contribution in [0.1, 0.15) is 42.3 Å². The Morgan fingerprint density at radius 1 is 1.41 bits per heavy atom. The number of thiocarbonyl (C=S) groups is 1. The number of aromatic nitrogens is 2. The van der Waals surface area contributed by atoms with Crippen LogP contribution in [-0.4, -0.2) is 32.3 Å². The fourth-order valence-electron chi connectivity index (χ4n) is 2.23. The molecule has 2 aromatic heterocycles. The molecule has 1 N–H and O–H groups in total. The number of hydrogen-bond acceptors (Lipinski definition) is 5. The summed E-state index contributed by atoms with van der Waals surface area (Å²) in [5.74, 6) is 0.693. The molecule has 120 valence electrons. The smallest absolute Gasteiger partial charge is 0.259 e. The summed E-state index contributed by atoms with van der Waals surface area (Å²) in [5.41, 5.74) is 0.974. The highest BCUT2D eigenvalue weighted by atomic mass is 32.2. The maximum absolute atomic E-state index is 12.3. The molecule has 0 spiro atoms. The summed E-state index contributed by atoms with van der Waals surface area (Å²) in [6.07, 6.45) is 0. The van der Waals surface area contributed by atoms with Crippen LogP contribution in [0.25, 0.3) is 10.2 Å². The summed E-state index contributed by atoms with van der Waals surface area (Å²) in [4.78, 5) is 24.0. The van der Waals surface area contributed by atoms with Crippen LogP contribution in [0, 0.1) is 13.8 Å². The minimum atomic E-state index is -0.0527. The lowest BCUT2D eigenvalue weighted by Gasteiger charge is -2.22. The third kappa shape index (κ3) is 3.36. The van der Waals surface area contributed by atoms with E-state index >= 15 is 0 Å². The highest BCUT2D eigenvalue weighted by molar-refractivity contribution is 8.23. The number of thioether (sulfide) groups is 1. The number of fused-ring (bicyclic) bond motifs is 1. The lowest BCUT2D eigenvalue weighted by Crippen LogP contribution is -2.27. The first-order valence-corrected chi connectivity index (χ1v) is 9.44. The van der Waals surface area contributed by atoms with E-state index in [9.17, 15) is 4.79 Å². The van der Waals surface area contributed by atoms with Gasteiger partial charge in [0.25, 0.3) is 5.56 Å². The van der Waals surface area contributed by atoms with E-state index in [0.29, 0.717) is 5.82 Å². The van der Waals surface area contributed by atoms with Gasteiger partial charge in [0, 0.05) is 18.0 Å². The van der Waals surface area contributed by atoms with E-state index in [-0.39, 0.29) is 10.8 Å². The molecule has 2 heterocycles. The Kier molecular flexibility index (Phi) is 5.63. The summed E-state index contributed by atoms with van der Waals surface area (Å²) in [6.45, 7) is 12.0. The number of thiophene rings is 1. The Hall–Kier alpha value is -0.920. The summed E-state index contributed by atoms with van der Waals surface area (Å²) in [6, 6.07) is 0. The van der Waals surface area contributed by atoms with Crippen molar-refractivity contribution >= 4 is 49.9 Å². The molecule has 0 aliphatic heterocycles. The molecule has 2 aromatic rings. The average molecular weight is 356 g/mol. The molecule has 0 aliphatic rings. The molecular weight excluding hydrogens is 334 g/mol. The monoisotopic (exact) mass is 355 g/mol. The first-order valence-electron chi connectivity index (χ1n) is 7.34. The molecule has 7 heteroatoms. The van der Waals surface area contributed by atoms with Gasteiger partial charge in [0.1, 0.15) is 15.0 Å². The zero-order valence-corrected chi connectivity index (χ0v) is 16.0. The predicted molar refractivity (Wildman–Crippen MR) is 101 cm³/mol. The maximum Gasteiger partial charge on any atom is 0.259 e. The van der Waals surface area contributed by atoms with E-state index in [4.69, 9.17) is 12.2 Å². The van der Waals surface area contributed by atoms with Crippen molar-refractivity contribution in [2.45, 2.75) is 39.9 Å². The second-order valence-corrected chi connectivity index (χ2v) is 8.29. The lowest BCUT2D eigenvalue weighted by atomic mass is 10.2. The Balaban J connectivity index is 2.31. The highest BCUT2D eigenvalue weighted by Crippen LogP contribution is 2.31. The van der Waals surface area contributed by atoms with Gasteiger partial charge in [-0.15, -0.1) is 11.3 Å². The van der Waals surface area contributed by atoms with E-state index in [0.717, 1.165) is 38.1 Å². The van der Waals surface area contributed by atoms with Gasteiger partial charge in [-0.3, -0.25) is 4.79 Å². The van der Waals surface area contributed by atoms with Gasteiger partial charge in [0.05, 0.1) is 10.6 Å². The zero-order valence-electron chi connectivity index (χ0n) is 13.5. The third-order valence-electron chi connectivity index (χ3n) is 3.74. The van der Waals surface area contributed by atoms with Crippen molar-refractivity contribution < 1.29 is 0 Å². The van der Waals surface area contributed by atoms with Crippen molar-refractivity contribution in [3.8, 4) is 0 Å². The molecule has 1 atom stereocenters. The second kappa shape index (κ2) is 7.10. The van der Waals surface area contributed by atoms with Crippen LogP contribution in [-0.2, 0) is 0 Å². The minimum absolute atomic E-state index is 0.0212. The molecule has 0 radical (unpaired) electrons. The lowest BCUT2D eigenvalue weighted by molar-refractivity contribution is 0.482. The van der Waals surface area contributed by atoms with Crippen LogP contribution in [0.4, 0.5) is 0 Å². The third-order valence-corrected chi connectivity index (χ3v) is 6.43. The van der Waals surface area contributed by atoms with Crippen molar-refractivity contribution in [3.05, 3.63) is 26.6 Å². The fourth-order valence-corrected chi connectivity index (χ4v) is 4.89. The Labute approximate surface area is 144 Å². The van der Waals surface area contributed by atoms with Crippen LogP contribution in [0.2, 0.25) is 0 Å². The van der Waals surface area contributed by atoms with E-state index in [1.807, 2.05) is 20.8 Å². The van der Waals surface area contributed by atoms with Crippen molar-refractivity contribution in [2.75, 3.05) is 13.1 Å². The average Bonchev–Trinajstić information content (AvgIpc) is 2.75. The molecule has 0 unspecified atom stereocenters. The molecule has 4 nitrogen and oxygen atoms in total.